The van der Waals surface area contributed by atoms with E-state index in [1.54, 1.807) is 7.11 Å². The van der Waals surface area contributed by atoms with Gasteiger partial charge in [-0.2, -0.15) is 0 Å². The molecule has 1 aromatic carbocycles. The number of hydrogen-bond donors (Lipinski definition) is 1. The third-order valence-corrected chi connectivity index (χ3v) is 5.46. The highest BCUT2D eigenvalue weighted by atomic mass is 16.5. The maximum absolute atomic E-state index is 5.25. The van der Waals surface area contributed by atoms with Crippen LogP contribution in [0.1, 0.15) is 50.6 Å². The van der Waals surface area contributed by atoms with Crippen molar-refractivity contribution in [3.8, 4) is 5.75 Å². The molecule has 3 atom stereocenters. The lowest BCUT2D eigenvalue weighted by Crippen LogP contribution is -2.48. The molecule has 116 valence electrons. The van der Waals surface area contributed by atoms with Crippen LogP contribution in [-0.2, 0) is 0 Å². The van der Waals surface area contributed by atoms with Gasteiger partial charge in [0.15, 0.2) is 0 Å². The summed E-state index contributed by atoms with van der Waals surface area (Å²) in [5.74, 6) is 0.936. The van der Waals surface area contributed by atoms with Crippen LogP contribution < -0.4 is 10.1 Å². The molecule has 0 saturated carbocycles. The Morgan fingerprint density at radius 3 is 2.33 bits per heavy atom. The normalized spacial score (nSPS) is 30.3. The molecule has 3 heteroatoms. The minimum absolute atomic E-state index is 0.462. The lowest BCUT2D eigenvalue weighted by Gasteiger charge is -2.38. The summed E-state index contributed by atoms with van der Waals surface area (Å²) in [7, 11) is 4.03. The van der Waals surface area contributed by atoms with E-state index in [1.165, 1.54) is 31.2 Å². The number of nitrogens with one attached hydrogen (secondary N) is 1. The second-order valence-corrected chi connectivity index (χ2v) is 6.62. The van der Waals surface area contributed by atoms with Crippen LogP contribution in [0.3, 0.4) is 0 Å². The zero-order valence-electron chi connectivity index (χ0n) is 13.5. The third kappa shape index (κ3) is 3.09. The van der Waals surface area contributed by atoms with Crippen molar-refractivity contribution >= 4 is 0 Å². The molecule has 1 N–H and O–H groups in total. The minimum atomic E-state index is 0.462. The van der Waals surface area contributed by atoms with E-state index in [-0.39, 0.29) is 0 Å². The fraction of sp³-hybridized carbons (Fsp3) is 0.667. The molecule has 0 radical (unpaired) electrons. The van der Waals surface area contributed by atoms with Gasteiger partial charge in [0, 0.05) is 24.2 Å². The Morgan fingerprint density at radius 2 is 1.81 bits per heavy atom. The molecule has 2 heterocycles. The summed E-state index contributed by atoms with van der Waals surface area (Å²) in [4.78, 5) is 2.60. The van der Waals surface area contributed by atoms with Gasteiger partial charge in [-0.15, -0.1) is 0 Å². The van der Waals surface area contributed by atoms with Gasteiger partial charge in [-0.05, 0) is 56.8 Å². The maximum Gasteiger partial charge on any atom is 0.118 e. The number of fused-ring (bicyclic) bond motifs is 2. The Morgan fingerprint density at radius 1 is 1.19 bits per heavy atom. The molecule has 2 fully saturated rings. The van der Waals surface area contributed by atoms with Crippen molar-refractivity contribution in [1.82, 2.24) is 10.2 Å². The second kappa shape index (κ2) is 6.37. The average molecular weight is 288 g/mol. The van der Waals surface area contributed by atoms with E-state index in [2.05, 4.69) is 48.5 Å². The maximum atomic E-state index is 5.25. The first-order valence-electron chi connectivity index (χ1n) is 8.33. The van der Waals surface area contributed by atoms with E-state index < -0.39 is 0 Å². The summed E-state index contributed by atoms with van der Waals surface area (Å²) >= 11 is 0. The molecule has 0 spiro atoms. The quantitative estimate of drug-likeness (QED) is 0.899. The smallest absolute Gasteiger partial charge is 0.118 e. The van der Waals surface area contributed by atoms with Gasteiger partial charge in [-0.1, -0.05) is 19.1 Å². The van der Waals surface area contributed by atoms with Gasteiger partial charge in [0.25, 0.3) is 0 Å². The summed E-state index contributed by atoms with van der Waals surface area (Å²) in [6, 6.07) is 11.3. The molecule has 0 amide bonds. The van der Waals surface area contributed by atoms with Crippen LogP contribution in [0.2, 0.25) is 0 Å². The largest absolute Gasteiger partial charge is 0.497 e. The van der Waals surface area contributed by atoms with Crippen molar-refractivity contribution in [3.05, 3.63) is 29.8 Å². The van der Waals surface area contributed by atoms with Gasteiger partial charge in [0.05, 0.1) is 7.11 Å². The third-order valence-electron chi connectivity index (χ3n) is 5.46. The van der Waals surface area contributed by atoms with E-state index in [9.17, 15) is 0 Å². The van der Waals surface area contributed by atoms with Crippen LogP contribution in [0.5, 0.6) is 5.75 Å². The number of benzene rings is 1. The van der Waals surface area contributed by atoms with E-state index in [0.717, 1.165) is 24.3 Å². The molecule has 2 aliphatic heterocycles. The summed E-state index contributed by atoms with van der Waals surface area (Å²) in [6.07, 6.45) is 6.52. The van der Waals surface area contributed by atoms with E-state index in [0.29, 0.717) is 12.1 Å². The van der Waals surface area contributed by atoms with Crippen molar-refractivity contribution in [2.45, 2.75) is 63.2 Å². The number of piperidine rings is 1. The van der Waals surface area contributed by atoms with Crippen LogP contribution >= 0.6 is 0 Å². The van der Waals surface area contributed by atoms with Crippen LogP contribution in [0.4, 0.5) is 0 Å². The monoisotopic (exact) mass is 288 g/mol. The Hall–Kier alpha value is -1.06. The second-order valence-electron chi connectivity index (χ2n) is 6.62. The van der Waals surface area contributed by atoms with Crippen molar-refractivity contribution in [1.29, 1.82) is 0 Å². The first-order valence-corrected chi connectivity index (χ1v) is 8.33. The van der Waals surface area contributed by atoms with E-state index in [4.69, 9.17) is 4.74 Å². The first-order chi connectivity index (χ1) is 10.2. The first kappa shape index (κ1) is 14.9. The van der Waals surface area contributed by atoms with Crippen molar-refractivity contribution in [2.24, 2.45) is 0 Å². The van der Waals surface area contributed by atoms with Crippen molar-refractivity contribution in [3.63, 3.8) is 0 Å². The Balaban J connectivity index is 1.64. The van der Waals surface area contributed by atoms with E-state index >= 15 is 0 Å². The predicted molar refractivity (Wildman–Crippen MR) is 86.8 cm³/mol. The fourth-order valence-electron chi connectivity index (χ4n) is 4.12. The average Bonchev–Trinajstić information content (AvgIpc) is 2.75. The van der Waals surface area contributed by atoms with Crippen molar-refractivity contribution in [2.75, 3.05) is 14.2 Å². The van der Waals surface area contributed by atoms with Gasteiger partial charge in [0.2, 0.25) is 0 Å². The standard InChI is InChI=1S/C18H28N2O/c1-4-18(13-5-9-17(21-3)10-6-13)19-14-11-15-7-8-16(12-14)20(15)2/h5-6,9-10,14-16,18-19H,4,7-8,11-12H2,1-3H3. The highest BCUT2D eigenvalue weighted by Gasteiger charge is 2.38. The topological polar surface area (TPSA) is 24.5 Å². The SMILES string of the molecule is CCC(NC1CC2CCC(C1)N2C)c1ccc(OC)cc1. The highest BCUT2D eigenvalue weighted by molar-refractivity contribution is 5.29. The molecule has 2 bridgehead atoms. The number of methoxy groups -OCH3 is 1. The highest BCUT2D eigenvalue weighted by Crippen LogP contribution is 2.35. The van der Waals surface area contributed by atoms with Crippen LogP contribution in [0.15, 0.2) is 24.3 Å². The Kier molecular flexibility index (Phi) is 4.51. The molecule has 0 aromatic heterocycles. The van der Waals surface area contributed by atoms with Crippen LogP contribution in [0.25, 0.3) is 0 Å². The van der Waals surface area contributed by atoms with Gasteiger partial charge < -0.3 is 15.0 Å². The van der Waals surface area contributed by atoms with Gasteiger partial charge in [-0.25, -0.2) is 0 Å². The molecule has 3 unspecified atom stereocenters. The lowest BCUT2D eigenvalue weighted by molar-refractivity contribution is 0.142. The molecule has 1 aromatic rings. The summed E-state index contributed by atoms with van der Waals surface area (Å²) in [5, 5.41) is 3.91. The molecule has 21 heavy (non-hydrogen) atoms. The number of ether oxygens (including phenoxy) is 1. The molecule has 3 nitrogen and oxygen atoms in total. The minimum Gasteiger partial charge on any atom is -0.497 e. The number of rotatable bonds is 5. The van der Waals surface area contributed by atoms with Gasteiger partial charge in [0.1, 0.15) is 5.75 Å². The predicted octanol–water partition coefficient (Wildman–Crippen LogP) is 3.36. The molecular weight excluding hydrogens is 260 g/mol. The summed E-state index contributed by atoms with van der Waals surface area (Å²) < 4.78 is 5.25. The Labute approximate surface area is 128 Å². The zero-order chi connectivity index (χ0) is 14.8. The molecule has 3 rings (SSSR count). The van der Waals surface area contributed by atoms with Gasteiger partial charge >= 0.3 is 0 Å². The zero-order valence-corrected chi connectivity index (χ0v) is 13.5. The van der Waals surface area contributed by atoms with Crippen LogP contribution in [0, 0.1) is 0 Å². The number of hydrogen-bond acceptors (Lipinski definition) is 3. The summed E-state index contributed by atoms with van der Waals surface area (Å²) in [5.41, 5.74) is 1.38. The molecule has 2 saturated heterocycles. The fourth-order valence-corrected chi connectivity index (χ4v) is 4.12. The Bertz CT molecular complexity index is 445. The van der Waals surface area contributed by atoms with Gasteiger partial charge in [-0.3, -0.25) is 0 Å². The molecule has 2 aliphatic rings. The molecule has 0 aliphatic carbocycles. The van der Waals surface area contributed by atoms with Crippen molar-refractivity contribution < 1.29 is 4.74 Å². The van der Waals surface area contributed by atoms with E-state index in [1.807, 2.05) is 0 Å². The lowest BCUT2D eigenvalue weighted by atomic mass is 9.95. The molecular formula is C18H28N2O. The number of nitrogens with zero attached hydrogens (tertiary/aromatic N) is 1. The summed E-state index contributed by atoms with van der Waals surface area (Å²) in [6.45, 7) is 2.27. The van der Waals surface area contributed by atoms with Crippen LogP contribution in [-0.4, -0.2) is 37.2 Å².